The third-order valence-electron chi connectivity index (χ3n) is 5.55. The molecule has 0 radical (unpaired) electrons. The normalized spacial score (nSPS) is 11.6. The van der Waals surface area contributed by atoms with Gasteiger partial charge in [-0.05, 0) is 46.7 Å². The lowest BCUT2D eigenvalue weighted by Crippen LogP contribution is -2.42. The van der Waals surface area contributed by atoms with Crippen LogP contribution in [-0.4, -0.2) is 30.1 Å². The van der Waals surface area contributed by atoms with Crippen LogP contribution in [0.15, 0.2) is 91.0 Å². The number of nitrogens with one attached hydrogen (secondary N) is 1. The SMILES string of the molecule is COc1ccccc1COc1ccc2cc(C(=O)NC(Cc3ccccc3)C(=O)O)ccc2c1. The van der Waals surface area contributed by atoms with Crippen LogP contribution >= 0.6 is 0 Å². The molecule has 0 saturated carbocycles. The van der Waals surface area contributed by atoms with E-state index in [9.17, 15) is 14.7 Å². The highest BCUT2D eigenvalue weighted by Gasteiger charge is 2.21. The van der Waals surface area contributed by atoms with Gasteiger partial charge in [0.2, 0.25) is 0 Å². The summed E-state index contributed by atoms with van der Waals surface area (Å²) in [6.45, 7) is 0.369. The summed E-state index contributed by atoms with van der Waals surface area (Å²) < 4.78 is 11.3. The molecule has 172 valence electrons. The van der Waals surface area contributed by atoms with Crippen LogP contribution in [0, 0.1) is 0 Å². The largest absolute Gasteiger partial charge is 0.496 e. The van der Waals surface area contributed by atoms with Crippen LogP contribution in [0.5, 0.6) is 11.5 Å². The van der Waals surface area contributed by atoms with Crippen molar-refractivity contribution in [3.8, 4) is 11.5 Å². The van der Waals surface area contributed by atoms with E-state index in [4.69, 9.17) is 9.47 Å². The molecule has 0 aliphatic rings. The average molecular weight is 456 g/mol. The fourth-order valence-corrected chi connectivity index (χ4v) is 3.73. The average Bonchev–Trinajstić information content (AvgIpc) is 2.87. The number of rotatable bonds is 9. The molecule has 6 heteroatoms. The Bertz CT molecular complexity index is 1300. The van der Waals surface area contributed by atoms with Crippen LogP contribution in [-0.2, 0) is 17.8 Å². The van der Waals surface area contributed by atoms with E-state index < -0.39 is 17.9 Å². The number of ether oxygens (including phenoxy) is 2. The van der Waals surface area contributed by atoms with Gasteiger partial charge in [-0.2, -0.15) is 0 Å². The molecule has 2 N–H and O–H groups in total. The van der Waals surface area contributed by atoms with Crippen molar-refractivity contribution in [2.45, 2.75) is 19.1 Å². The number of hydrogen-bond acceptors (Lipinski definition) is 4. The van der Waals surface area contributed by atoms with E-state index in [-0.39, 0.29) is 6.42 Å². The summed E-state index contributed by atoms with van der Waals surface area (Å²) in [6, 6.07) is 26.8. The van der Waals surface area contributed by atoms with Crippen molar-refractivity contribution in [3.63, 3.8) is 0 Å². The highest BCUT2D eigenvalue weighted by Crippen LogP contribution is 2.25. The predicted molar refractivity (Wildman–Crippen MR) is 130 cm³/mol. The van der Waals surface area contributed by atoms with Crippen molar-refractivity contribution in [2.75, 3.05) is 7.11 Å². The predicted octanol–water partition coefficient (Wildman–Crippen LogP) is 4.85. The van der Waals surface area contributed by atoms with E-state index >= 15 is 0 Å². The van der Waals surface area contributed by atoms with Gasteiger partial charge in [0.05, 0.1) is 7.11 Å². The Hall–Kier alpha value is -4.32. The summed E-state index contributed by atoms with van der Waals surface area (Å²) in [6.07, 6.45) is 0.211. The maximum atomic E-state index is 12.8. The molecule has 0 heterocycles. The molecule has 6 nitrogen and oxygen atoms in total. The Kier molecular flexibility index (Phi) is 7.08. The second-order valence-electron chi connectivity index (χ2n) is 7.88. The maximum Gasteiger partial charge on any atom is 0.326 e. The smallest absolute Gasteiger partial charge is 0.326 e. The maximum absolute atomic E-state index is 12.8. The first kappa shape index (κ1) is 22.9. The van der Waals surface area contributed by atoms with Crippen LogP contribution in [0.2, 0.25) is 0 Å². The summed E-state index contributed by atoms with van der Waals surface area (Å²) in [5.74, 6) is -0.0353. The van der Waals surface area contributed by atoms with Crippen LogP contribution < -0.4 is 14.8 Å². The minimum Gasteiger partial charge on any atom is -0.496 e. The number of carboxylic acids is 1. The molecule has 0 fully saturated rings. The van der Waals surface area contributed by atoms with Crippen molar-refractivity contribution in [1.29, 1.82) is 0 Å². The first-order chi connectivity index (χ1) is 16.5. The van der Waals surface area contributed by atoms with Crippen molar-refractivity contribution in [3.05, 3.63) is 108 Å². The Balaban J connectivity index is 1.45. The van der Waals surface area contributed by atoms with Gasteiger partial charge in [0.15, 0.2) is 0 Å². The molecule has 0 aromatic heterocycles. The molecule has 1 amide bonds. The lowest BCUT2D eigenvalue weighted by Gasteiger charge is -2.15. The first-order valence-corrected chi connectivity index (χ1v) is 10.9. The number of amides is 1. The molecular weight excluding hydrogens is 430 g/mol. The molecule has 4 rings (SSSR count). The number of hydrogen-bond donors (Lipinski definition) is 2. The van der Waals surface area contributed by atoms with Gasteiger partial charge in [-0.25, -0.2) is 4.79 Å². The number of aliphatic carboxylic acids is 1. The molecule has 4 aromatic carbocycles. The van der Waals surface area contributed by atoms with E-state index in [1.54, 1.807) is 19.2 Å². The van der Waals surface area contributed by atoms with Gasteiger partial charge in [-0.1, -0.05) is 60.7 Å². The van der Waals surface area contributed by atoms with Gasteiger partial charge in [0.25, 0.3) is 5.91 Å². The molecule has 34 heavy (non-hydrogen) atoms. The van der Waals surface area contributed by atoms with E-state index in [1.165, 1.54) is 0 Å². The van der Waals surface area contributed by atoms with Gasteiger partial charge in [-0.3, -0.25) is 4.79 Å². The van der Waals surface area contributed by atoms with E-state index in [1.807, 2.05) is 78.9 Å². The quantitative estimate of drug-likeness (QED) is 0.377. The van der Waals surface area contributed by atoms with Gasteiger partial charge >= 0.3 is 5.97 Å². The number of carboxylic acid groups (broad SMARTS) is 1. The van der Waals surface area contributed by atoms with E-state index in [2.05, 4.69) is 5.32 Å². The van der Waals surface area contributed by atoms with Crippen molar-refractivity contribution < 1.29 is 24.2 Å². The Morgan fingerprint density at radius 2 is 1.59 bits per heavy atom. The van der Waals surface area contributed by atoms with Gasteiger partial charge in [-0.15, -0.1) is 0 Å². The highest BCUT2D eigenvalue weighted by molar-refractivity contribution is 6.00. The molecule has 1 atom stereocenters. The molecule has 0 aliphatic heterocycles. The zero-order valence-electron chi connectivity index (χ0n) is 18.7. The number of carbonyl (C=O) groups excluding carboxylic acids is 1. The Labute approximate surface area is 197 Å². The lowest BCUT2D eigenvalue weighted by atomic mass is 10.0. The summed E-state index contributed by atoms with van der Waals surface area (Å²) >= 11 is 0. The summed E-state index contributed by atoms with van der Waals surface area (Å²) in [7, 11) is 1.63. The zero-order valence-corrected chi connectivity index (χ0v) is 18.7. The van der Waals surface area contributed by atoms with Gasteiger partial charge in [0, 0.05) is 17.5 Å². The molecule has 0 aliphatic carbocycles. The summed E-state index contributed by atoms with van der Waals surface area (Å²) in [5.41, 5.74) is 2.18. The van der Waals surface area contributed by atoms with E-state index in [0.717, 1.165) is 27.6 Å². The minimum absolute atomic E-state index is 0.211. The molecule has 1 unspecified atom stereocenters. The molecular formula is C28H25NO5. The van der Waals surface area contributed by atoms with Crippen LogP contribution in [0.4, 0.5) is 0 Å². The molecule has 0 spiro atoms. The van der Waals surface area contributed by atoms with Crippen molar-refractivity contribution in [2.24, 2.45) is 0 Å². The minimum atomic E-state index is -1.07. The third-order valence-corrected chi connectivity index (χ3v) is 5.55. The van der Waals surface area contributed by atoms with Gasteiger partial charge in [0.1, 0.15) is 24.1 Å². The summed E-state index contributed by atoms with van der Waals surface area (Å²) in [5, 5.41) is 14.0. The van der Waals surface area contributed by atoms with E-state index in [0.29, 0.717) is 17.9 Å². The topological polar surface area (TPSA) is 84.9 Å². The number of benzene rings is 4. The Morgan fingerprint density at radius 1 is 0.882 bits per heavy atom. The second kappa shape index (κ2) is 10.5. The zero-order chi connectivity index (χ0) is 23.9. The van der Waals surface area contributed by atoms with Crippen LogP contribution in [0.3, 0.4) is 0 Å². The van der Waals surface area contributed by atoms with Gasteiger partial charge < -0.3 is 19.9 Å². The number of fused-ring (bicyclic) bond motifs is 1. The number of para-hydroxylation sites is 1. The first-order valence-electron chi connectivity index (χ1n) is 10.9. The molecule has 0 saturated heterocycles. The number of methoxy groups -OCH3 is 1. The van der Waals surface area contributed by atoms with Crippen LogP contribution in [0.25, 0.3) is 10.8 Å². The lowest BCUT2D eigenvalue weighted by molar-refractivity contribution is -0.139. The third kappa shape index (κ3) is 5.53. The van der Waals surface area contributed by atoms with Crippen LogP contribution in [0.1, 0.15) is 21.5 Å². The number of carbonyl (C=O) groups is 2. The Morgan fingerprint density at radius 3 is 2.35 bits per heavy atom. The summed E-state index contributed by atoms with van der Waals surface area (Å²) in [4.78, 5) is 24.5. The van der Waals surface area contributed by atoms with Crippen molar-refractivity contribution >= 4 is 22.6 Å². The fourth-order valence-electron chi connectivity index (χ4n) is 3.73. The molecule has 4 aromatic rings. The molecule has 0 bridgehead atoms. The second-order valence-corrected chi connectivity index (χ2v) is 7.88. The standard InChI is InChI=1S/C28H25NO5/c1-33-26-10-6-5-9-23(26)18-34-24-14-13-20-16-22(12-11-21(20)17-24)27(30)29-25(28(31)32)15-19-7-3-2-4-8-19/h2-14,16-17,25H,15,18H2,1H3,(H,29,30)(H,31,32). The highest BCUT2D eigenvalue weighted by atomic mass is 16.5. The fraction of sp³-hybridized carbons (Fsp3) is 0.143. The van der Waals surface area contributed by atoms with Crippen molar-refractivity contribution in [1.82, 2.24) is 5.32 Å². The monoisotopic (exact) mass is 455 g/mol.